The Morgan fingerprint density at radius 3 is 2.22 bits per heavy atom. The zero-order valence-corrected chi connectivity index (χ0v) is 11.8. The quantitative estimate of drug-likeness (QED) is 0.925. The van der Waals surface area contributed by atoms with Crippen LogP contribution in [-0.2, 0) is 11.3 Å². The number of aliphatic carboxylic acids is 1. The van der Waals surface area contributed by atoms with Crippen LogP contribution in [0.1, 0.15) is 5.56 Å². The molecule has 1 rings (SSSR count). The fourth-order valence-corrected chi connectivity index (χ4v) is 1.76. The van der Waals surface area contributed by atoms with Gasteiger partial charge in [0, 0.05) is 25.1 Å². The Kier molecular flexibility index (Phi) is 5.15. The minimum absolute atomic E-state index is 0.302. The Bertz CT molecular complexity index is 433. The van der Waals surface area contributed by atoms with Crippen molar-refractivity contribution in [1.82, 2.24) is 9.80 Å². The molecule has 0 atom stereocenters. The minimum atomic E-state index is -1.03. The standard InChI is InChI=1S/C12H15BrN2O3/c1-14(12(18)15(2)8-11(16)17)7-9-3-5-10(13)6-4-9/h3-6H,7-8H2,1-2H3,(H,16,17). The monoisotopic (exact) mass is 314 g/mol. The predicted octanol–water partition coefficient (Wildman–Crippen LogP) is 2.02. The lowest BCUT2D eigenvalue weighted by Crippen LogP contribution is -2.40. The summed E-state index contributed by atoms with van der Waals surface area (Å²) in [6.45, 7) is 0.138. The SMILES string of the molecule is CN(CC(=O)O)C(=O)N(C)Cc1ccc(Br)cc1. The van der Waals surface area contributed by atoms with Crippen LogP contribution in [0.3, 0.4) is 0 Å². The van der Waals surface area contributed by atoms with Crippen molar-refractivity contribution in [2.45, 2.75) is 6.54 Å². The zero-order valence-electron chi connectivity index (χ0n) is 10.3. The maximum absolute atomic E-state index is 11.8. The van der Waals surface area contributed by atoms with E-state index < -0.39 is 5.97 Å². The Morgan fingerprint density at radius 2 is 1.72 bits per heavy atom. The molecule has 0 aliphatic rings. The number of urea groups is 1. The maximum Gasteiger partial charge on any atom is 0.323 e. The Hall–Kier alpha value is -1.56. The molecule has 0 heterocycles. The first kappa shape index (κ1) is 14.5. The van der Waals surface area contributed by atoms with E-state index in [0.717, 1.165) is 10.0 Å². The molecule has 5 nitrogen and oxygen atoms in total. The lowest BCUT2D eigenvalue weighted by atomic mass is 10.2. The van der Waals surface area contributed by atoms with Gasteiger partial charge in [-0.05, 0) is 17.7 Å². The highest BCUT2D eigenvalue weighted by Gasteiger charge is 2.16. The average Bonchev–Trinajstić information content (AvgIpc) is 2.30. The van der Waals surface area contributed by atoms with Gasteiger partial charge in [0.2, 0.25) is 0 Å². The largest absolute Gasteiger partial charge is 0.480 e. The van der Waals surface area contributed by atoms with E-state index in [1.807, 2.05) is 24.3 Å². The number of carbonyl (C=O) groups is 2. The minimum Gasteiger partial charge on any atom is -0.480 e. The van der Waals surface area contributed by atoms with Crippen molar-refractivity contribution in [3.63, 3.8) is 0 Å². The number of nitrogens with zero attached hydrogens (tertiary/aromatic N) is 2. The van der Waals surface area contributed by atoms with Crippen LogP contribution >= 0.6 is 15.9 Å². The molecule has 0 aromatic heterocycles. The molecule has 0 fully saturated rings. The fourth-order valence-electron chi connectivity index (χ4n) is 1.49. The molecule has 2 amide bonds. The Labute approximate surface area is 114 Å². The van der Waals surface area contributed by atoms with Crippen molar-refractivity contribution in [1.29, 1.82) is 0 Å². The summed E-state index contributed by atoms with van der Waals surface area (Å²) in [7, 11) is 3.11. The van der Waals surface area contributed by atoms with Gasteiger partial charge in [0.1, 0.15) is 6.54 Å². The third-order valence-corrected chi connectivity index (χ3v) is 2.89. The van der Waals surface area contributed by atoms with Gasteiger partial charge in [-0.1, -0.05) is 28.1 Å². The van der Waals surface area contributed by atoms with Crippen molar-refractivity contribution in [2.24, 2.45) is 0 Å². The van der Waals surface area contributed by atoms with Gasteiger partial charge in [-0.25, -0.2) is 4.79 Å². The number of likely N-dealkylation sites (N-methyl/N-ethyl adjacent to an activating group) is 1. The molecule has 98 valence electrons. The molecule has 6 heteroatoms. The van der Waals surface area contributed by atoms with Crippen LogP contribution in [0.5, 0.6) is 0 Å². The summed E-state index contributed by atoms with van der Waals surface area (Å²) in [4.78, 5) is 25.0. The number of carbonyl (C=O) groups excluding carboxylic acids is 1. The molecule has 0 saturated heterocycles. The van der Waals surface area contributed by atoms with Crippen LogP contribution in [0.15, 0.2) is 28.7 Å². The number of carboxylic acids is 1. The van der Waals surface area contributed by atoms with Crippen molar-refractivity contribution in [3.05, 3.63) is 34.3 Å². The average molecular weight is 315 g/mol. The van der Waals surface area contributed by atoms with Gasteiger partial charge in [0.05, 0.1) is 0 Å². The molecule has 1 N–H and O–H groups in total. The normalized spacial score (nSPS) is 9.94. The highest BCUT2D eigenvalue weighted by molar-refractivity contribution is 9.10. The van der Waals surface area contributed by atoms with Gasteiger partial charge in [-0.2, -0.15) is 0 Å². The molecule has 0 aliphatic heterocycles. The number of hydrogen-bond acceptors (Lipinski definition) is 2. The second-order valence-electron chi connectivity index (χ2n) is 4.01. The first-order chi connectivity index (χ1) is 8.40. The third kappa shape index (κ3) is 4.37. The molecule has 0 radical (unpaired) electrons. The molecule has 0 bridgehead atoms. The van der Waals surface area contributed by atoms with E-state index >= 15 is 0 Å². The van der Waals surface area contributed by atoms with Crippen LogP contribution in [0, 0.1) is 0 Å². The number of benzene rings is 1. The summed E-state index contributed by atoms with van der Waals surface area (Å²) in [5.74, 6) is -1.03. The van der Waals surface area contributed by atoms with E-state index in [4.69, 9.17) is 5.11 Å². The van der Waals surface area contributed by atoms with Gasteiger partial charge in [-0.3, -0.25) is 4.79 Å². The summed E-state index contributed by atoms with van der Waals surface area (Å²) in [6.07, 6.45) is 0. The summed E-state index contributed by atoms with van der Waals surface area (Å²) in [5.41, 5.74) is 0.984. The molecule has 0 spiro atoms. The molecule has 0 saturated carbocycles. The van der Waals surface area contributed by atoms with E-state index in [-0.39, 0.29) is 12.6 Å². The molecule has 1 aromatic rings. The van der Waals surface area contributed by atoms with E-state index in [2.05, 4.69) is 15.9 Å². The van der Waals surface area contributed by atoms with Crippen LogP contribution in [0.4, 0.5) is 4.79 Å². The second kappa shape index (κ2) is 6.39. The van der Waals surface area contributed by atoms with Crippen LogP contribution in [-0.4, -0.2) is 47.5 Å². The van der Waals surface area contributed by atoms with E-state index in [0.29, 0.717) is 6.54 Å². The topological polar surface area (TPSA) is 60.9 Å². The van der Waals surface area contributed by atoms with E-state index in [9.17, 15) is 9.59 Å². The van der Waals surface area contributed by atoms with Gasteiger partial charge in [0.15, 0.2) is 0 Å². The van der Waals surface area contributed by atoms with Crippen LogP contribution in [0.2, 0.25) is 0 Å². The van der Waals surface area contributed by atoms with Crippen molar-refractivity contribution in [3.8, 4) is 0 Å². The molecular formula is C12H15BrN2O3. The number of amides is 2. The first-order valence-corrected chi connectivity index (χ1v) is 6.12. The van der Waals surface area contributed by atoms with Crippen molar-refractivity contribution < 1.29 is 14.7 Å². The van der Waals surface area contributed by atoms with Gasteiger partial charge < -0.3 is 14.9 Å². The van der Waals surface area contributed by atoms with Crippen molar-refractivity contribution in [2.75, 3.05) is 20.6 Å². The zero-order chi connectivity index (χ0) is 13.7. The highest BCUT2D eigenvalue weighted by atomic mass is 79.9. The van der Waals surface area contributed by atoms with Gasteiger partial charge >= 0.3 is 12.0 Å². The molecule has 1 aromatic carbocycles. The summed E-state index contributed by atoms with van der Waals surface area (Å²) >= 11 is 3.34. The predicted molar refractivity (Wildman–Crippen MR) is 71.3 cm³/mol. The molecule has 0 unspecified atom stereocenters. The molecule has 18 heavy (non-hydrogen) atoms. The van der Waals surface area contributed by atoms with Crippen molar-refractivity contribution >= 4 is 27.9 Å². The van der Waals surface area contributed by atoms with Crippen LogP contribution in [0.25, 0.3) is 0 Å². The van der Waals surface area contributed by atoms with Gasteiger partial charge in [0.25, 0.3) is 0 Å². The Morgan fingerprint density at radius 1 is 1.17 bits per heavy atom. The Balaban J connectivity index is 2.59. The number of carboxylic acid groups (broad SMARTS) is 1. The van der Waals surface area contributed by atoms with Crippen LogP contribution < -0.4 is 0 Å². The van der Waals surface area contributed by atoms with Gasteiger partial charge in [-0.15, -0.1) is 0 Å². The fraction of sp³-hybridized carbons (Fsp3) is 0.333. The lowest BCUT2D eigenvalue weighted by molar-refractivity contribution is -0.137. The number of hydrogen-bond donors (Lipinski definition) is 1. The first-order valence-electron chi connectivity index (χ1n) is 5.32. The second-order valence-corrected chi connectivity index (χ2v) is 4.93. The maximum atomic E-state index is 11.8. The number of rotatable bonds is 4. The summed E-state index contributed by atoms with van der Waals surface area (Å²) in [5, 5.41) is 8.62. The van der Waals surface area contributed by atoms with E-state index in [1.165, 1.54) is 16.8 Å². The summed E-state index contributed by atoms with van der Waals surface area (Å²) in [6, 6.07) is 7.29. The van der Waals surface area contributed by atoms with E-state index in [1.54, 1.807) is 7.05 Å². The lowest BCUT2D eigenvalue weighted by Gasteiger charge is -2.23. The number of halogens is 1. The third-order valence-electron chi connectivity index (χ3n) is 2.36. The highest BCUT2D eigenvalue weighted by Crippen LogP contribution is 2.12. The summed E-state index contributed by atoms with van der Waals surface area (Å²) < 4.78 is 0.975. The molecular weight excluding hydrogens is 300 g/mol. The molecule has 0 aliphatic carbocycles. The smallest absolute Gasteiger partial charge is 0.323 e.